The number of amides is 1. The second kappa shape index (κ2) is 15.1. The maximum Gasteiger partial charge on any atom is 0.505 e. The minimum atomic E-state index is -2.17. The number of aliphatic hydroxyl groups excluding tert-OH is 1. The number of esters is 1. The third-order valence-corrected chi connectivity index (χ3v) is 8.10. The Hall–Kier alpha value is -1.44. The van der Waals surface area contributed by atoms with E-state index in [9.17, 15) is 24.2 Å². The van der Waals surface area contributed by atoms with Gasteiger partial charge >= 0.3 is 20.1 Å². The Labute approximate surface area is 224 Å². The predicted octanol–water partition coefficient (Wildman–Crippen LogP) is 6.82. The van der Waals surface area contributed by atoms with E-state index in [1.807, 2.05) is 6.92 Å². The lowest BCUT2D eigenvalue weighted by Gasteiger charge is -2.35. The van der Waals surface area contributed by atoms with Crippen molar-refractivity contribution in [2.24, 2.45) is 11.8 Å². The van der Waals surface area contributed by atoms with Crippen LogP contribution in [-0.2, 0) is 18.8 Å². The zero-order valence-corrected chi connectivity index (χ0v) is 23.5. The van der Waals surface area contributed by atoms with Gasteiger partial charge in [-0.15, -0.1) is 0 Å². The molecule has 36 heavy (non-hydrogen) atoms. The first kappa shape index (κ1) is 30.8. The van der Waals surface area contributed by atoms with Crippen molar-refractivity contribution >= 4 is 43.3 Å². The summed E-state index contributed by atoms with van der Waals surface area (Å²) in [6.45, 7) is 5.04. The van der Waals surface area contributed by atoms with Crippen LogP contribution in [0.3, 0.4) is 0 Å². The number of benzene rings is 1. The molecule has 0 bridgehead atoms. The number of hydrogen-bond acceptors (Lipinski definition) is 6. The summed E-state index contributed by atoms with van der Waals surface area (Å²) in [5.74, 6) is 0.0173. The van der Waals surface area contributed by atoms with Crippen molar-refractivity contribution in [1.82, 2.24) is 4.90 Å². The SMILES string of the molecule is CCCC(=O)OC(C)OC(=O)N(C(O)CCC1CCCC(C[P+](=O)O)C1)[C@H](C)c1ccc(Cl)c(Cl)c1. The van der Waals surface area contributed by atoms with Gasteiger partial charge in [-0.25, -0.2) is 4.79 Å². The quantitative estimate of drug-likeness (QED) is 0.162. The van der Waals surface area contributed by atoms with Crippen LogP contribution >= 0.6 is 31.2 Å². The molecule has 0 heterocycles. The maximum absolute atomic E-state index is 13.2. The molecule has 202 valence electrons. The zero-order valence-electron chi connectivity index (χ0n) is 21.1. The number of ether oxygens (including phenoxy) is 2. The van der Waals surface area contributed by atoms with E-state index in [2.05, 4.69) is 0 Å². The van der Waals surface area contributed by atoms with E-state index in [-0.39, 0.29) is 12.3 Å². The first-order valence-electron chi connectivity index (χ1n) is 12.5. The van der Waals surface area contributed by atoms with E-state index in [4.69, 9.17) is 32.7 Å². The molecule has 11 heteroatoms. The van der Waals surface area contributed by atoms with Crippen molar-refractivity contribution in [1.29, 1.82) is 0 Å². The van der Waals surface area contributed by atoms with Gasteiger partial charge in [-0.2, -0.15) is 4.89 Å². The van der Waals surface area contributed by atoms with Crippen molar-refractivity contribution in [3.05, 3.63) is 33.8 Å². The van der Waals surface area contributed by atoms with Crippen molar-refractivity contribution in [3.63, 3.8) is 0 Å². The second-order valence-corrected chi connectivity index (χ2v) is 11.3. The molecule has 0 radical (unpaired) electrons. The molecule has 1 aliphatic carbocycles. The monoisotopic (exact) mass is 564 g/mol. The molecule has 8 nitrogen and oxygen atoms in total. The first-order chi connectivity index (χ1) is 17.0. The molecule has 1 aromatic carbocycles. The van der Waals surface area contributed by atoms with Gasteiger partial charge in [0.25, 0.3) is 0 Å². The van der Waals surface area contributed by atoms with Crippen molar-refractivity contribution in [2.45, 2.75) is 90.7 Å². The van der Waals surface area contributed by atoms with Gasteiger partial charge in [-0.3, -0.25) is 9.69 Å². The standard InChI is InChI=1S/C25H36Cl2NO7P/c1-4-6-24(30)34-17(3)35-25(31)28(16(2)20-10-11-21(26)22(27)14-20)23(29)12-9-18-7-5-8-19(13-18)15-36(32)33/h10-11,14,16-19,23,29H,4-9,12-13,15H2,1-3H3/p+1/t16-,17?,18?,19?,23?/m1/s1. The number of rotatable bonds is 12. The number of carbonyl (C=O) groups is 2. The molecule has 1 aliphatic rings. The van der Waals surface area contributed by atoms with E-state index >= 15 is 0 Å². The highest BCUT2D eigenvalue weighted by atomic mass is 35.5. The molecule has 1 amide bonds. The van der Waals surface area contributed by atoms with Crippen LogP contribution < -0.4 is 0 Å². The first-order valence-corrected chi connectivity index (χ1v) is 14.6. The highest BCUT2D eigenvalue weighted by molar-refractivity contribution is 7.38. The molecular formula is C25H37Cl2NO7P+. The van der Waals surface area contributed by atoms with Crippen LogP contribution in [0.15, 0.2) is 18.2 Å². The van der Waals surface area contributed by atoms with E-state index < -0.39 is 38.7 Å². The van der Waals surface area contributed by atoms with Gasteiger partial charge in [0, 0.05) is 19.3 Å². The molecule has 2 rings (SSSR count). The van der Waals surface area contributed by atoms with Crippen LogP contribution in [0.1, 0.15) is 83.7 Å². The molecule has 5 unspecified atom stereocenters. The molecule has 0 spiro atoms. The number of halogens is 2. The molecule has 0 aliphatic heterocycles. The van der Waals surface area contributed by atoms with E-state index in [0.29, 0.717) is 47.0 Å². The molecular weight excluding hydrogens is 528 g/mol. The van der Waals surface area contributed by atoms with Gasteiger partial charge < -0.3 is 14.6 Å². The lowest BCUT2D eigenvalue weighted by atomic mass is 9.80. The fraction of sp³-hybridized carbons (Fsp3) is 0.680. The van der Waals surface area contributed by atoms with Gasteiger partial charge in [-0.1, -0.05) is 49.0 Å². The summed E-state index contributed by atoms with van der Waals surface area (Å²) in [6, 6.07) is 4.36. The summed E-state index contributed by atoms with van der Waals surface area (Å²) >= 11 is 12.2. The van der Waals surface area contributed by atoms with Gasteiger partial charge in [0.2, 0.25) is 6.29 Å². The lowest BCUT2D eigenvalue weighted by Crippen LogP contribution is -2.44. The van der Waals surface area contributed by atoms with Gasteiger partial charge in [-0.05, 0) is 67.2 Å². The second-order valence-electron chi connectivity index (χ2n) is 9.44. The van der Waals surface area contributed by atoms with Gasteiger partial charge in [0.1, 0.15) is 6.23 Å². The molecule has 0 aromatic heterocycles. The molecule has 1 saturated carbocycles. The van der Waals surface area contributed by atoms with Crippen molar-refractivity contribution in [3.8, 4) is 0 Å². The van der Waals surface area contributed by atoms with E-state index in [1.54, 1.807) is 25.1 Å². The fourth-order valence-electron chi connectivity index (χ4n) is 4.72. The minimum absolute atomic E-state index is 0.198. The Balaban J connectivity index is 2.13. The third kappa shape index (κ3) is 9.79. The molecule has 1 aromatic rings. The summed E-state index contributed by atoms with van der Waals surface area (Å²) in [7, 11) is -2.17. The normalized spacial score (nSPS) is 20.7. The van der Waals surface area contributed by atoms with Crippen LogP contribution in [0.4, 0.5) is 4.79 Å². The maximum atomic E-state index is 13.2. The Morgan fingerprint density at radius 3 is 2.50 bits per heavy atom. The van der Waals surface area contributed by atoms with E-state index in [0.717, 1.165) is 25.7 Å². The zero-order chi connectivity index (χ0) is 26.8. The van der Waals surface area contributed by atoms with E-state index in [1.165, 1.54) is 11.8 Å². The Morgan fingerprint density at radius 2 is 1.86 bits per heavy atom. The number of hydrogen-bond donors (Lipinski definition) is 2. The number of nitrogens with zero attached hydrogens (tertiary/aromatic N) is 1. The van der Waals surface area contributed by atoms with Crippen LogP contribution in [0.5, 0.6) is 0 Å². The summed E-state index contributed by atoms with van der Waals surface area (Å²) in [4.78, 5) is 35.4. The summed E-state index contributed by atoms with van der Waals surface area (Å²) in [5, 5.41) is 11.8. The summed E-state index contributed by atoms with van der Waals surface area (Å²) < 4.78 is 21.8. The van der Waals surface area contributed by atoms with Crippen molar-refractivity contribution in [2.75, 3.05) is 6.16 Å². The highest BCUT2D eigenvalue weighted by Crippen LogP contribution is 2.37. The highest BCUT2D eigenvalue weighted by Gasteiger charge is 2.33. The summed E-state index contributed by atoms with van der Waals surface area (Å²) in [5.41, 5.74) is 0.653. The Morgan fingerprint density at radius 1 is 1.17 bits per heavy atom. The number of aliphatic hydroxyl groups is 1. The van der Waals surface area contributed by atoms with Crippen LogP contribution in [0.2, 0.25) is 10.0 Å². The van der Waals surface area contributed by atoms with Crippen LogP contribution in [0, 0.1) is 11.8 Å². The van der Waals surface area contributed by atoms with Crippen molar-refractivity contribution < 1.29 is 33.6 Å². The molecule has 6 atom stereocenters. The predicted molar refractivity (Wildman–Crippen MR) is 139 cm³/mol. The fourth-order valence-corrected chi connectivity index (χ4v) is 5.80. The number of carbonyl (C=O) groups excluding carboxylic acids is 2. The Kier molecular flexibility index (Phi) is 12.9. The van der Waals surface area contributed by atoms with Crippen LogP contribution in [-0.4, -0.2) is 45.6 Å². The lowest BCUT2D eigenvalue weighted by molar-refractivity contribution is -0.168. The summed E-state index contributed by atoms with van der Waals surface area (Å²) in [6.07, 6.45) is 2.66. The largest absolute Gasteiger partial charge is 0.505 e. The third-order valence-electron chi connectivity index (χ3n) is 6.53. The smallest absolute Gasteiger partial charge is 0.425 e. The average molecular weight is 565 g/mol. The Bertz CT molecular complexity index is 903. The average Bonchev–Trinajstić information content (AvgIpc) is 2.79. The molecule has 2 N–H and O–H groups in total. The molecule has 1 fully saturated rings. The van der Waals surface area contributed by atoms with Gasteiger partial charge in [0.05, 0.1) is 16.1 Å². The van der Waals surface area contributed by atoms with Gasteiger partial charge in [0.15, 0.2) is 6.16 Å². The van der Waals surface area contributed by atoms with Crippen LogP contribution in [0.25, 0.3) is 0 Å². The minimum Gasteiger partial charge on any atom is -0.425 e. The molecule has 0 saturated heterocycles. The topological polar surface area (TPSA) is 113 Å².